The van der Waals surface area contributed by atoms with Gasteiger partial charge in [-0.1, -0.05) is 13.8 Å². The summed E-state index contributed by atoms with van der Waals surface area (Å²) < 4.78 is 0. The van der Waals surface area contributed by atoms with Gasteiger partial charge in [0.25, 0.3) is 5.69 Å². The monoisotopic (exact) mass is 470 g/mol. The third kappa shape index (κ3) is 3.59. The molecule has 4 saturated carbocycles. The van der Waals surface area contributed by atoms with Gasteiger partial charge in [-0.2, -0.15) is 5.10 Å². The zero-order chi connectivity index (χ0) is 24.3. The third-order valence-electron chi connectivity index (χ3n) is 10.2. The van der Waals surface area contributed by atoms with Crippen LogP contribution in [-0.4, -0.2) is 26.8 Å². The van der Waals surface area contributed by atoms with Gasteiger partial charge < -0.3 is 5.11 Å². The van der Waals surface area contributed by atoms with Gasteiger partial charge in [0.15, 0.2) is 0 Å². The number of anilines is 1. The number of nitrogens with zero attached hydrogens (tertiary/aromatic N) is 3. The number of aliphatic hydroxyl groups excluding tert-OH is 1. The maximum atomic E-state index is 11.4. The van der Waals surface area contributed by atoms with Crippen LogP contribution in [0.15, 0.2) is 23.3 Å². The van der Waals surface area contributed by atoms with Crippen molar-refractivity contribution in [3.63, 3.8) is 0 Å². The summed E-state index contributed by atoms with van der Waals surface area (Å²) in [7, 11) is 0. The van der Waals surface area contributed by atoms with E-state index in [2.05, 4.69) is 24.4 Å². The highest BCUT2D eigenvalue weighted by molar-refractivity contribution is 5.86. The van der Waals surface area contributed by atoms with Crippen LogP contribution in [0.5, 0.6) is 0 Å². The Morgan fingerprint density at radius 1 is 1.00 bits per heavy atom. The molecule has 5 rings (SSSR count). The fourth-order valence-electron chi connectivity index (χ4n) is 8.15. The molecule has 34 heavy (non-hydrogen) atoms. The van der Waals surface area contributed by atoms with E-state index in [-0.39, 0.29) is 34.0 Å². The van der Waals surface area contributed by atoms with E-state index in [1.54, 1.807) is 0 Å². The lowest BCUT2D eigenvalue weighted by Crippen LogP contribution is -2.54. The standard InChI is InChI=1S/C25H34N4O5/c1-24-11-9-16(26-27-21-7-4-17(28(31)32)14-22(21)29(33)34)13-15(24)3-5-18-19-6-8-23(30)25(19,2)12-10-20(18)24/h4,7,14-15,18-20,23,27,30H,3,5-6,8-13H2,1-2H3/b26-16-/t15-,18-,19+,20-,23-,24+,25+/m1/s1. The molecule has 0 radical (unpaired) electrons. The van der Waals surface area contributed by atoms with Crippen LogP contribution in [0.25, 0.3) is 0 Å². The minimum atomic E-state index is -0.638. The Bertz CT molecular complexity index is 1040. The van der Waals surface area contributed by atoms with Gasteiger partial charge in [-0.25, -0.2) is 0 Å². The summed E-state index contributed by atoms with van der Waals surface area (Å²) in [6.07, 6.45) is 9.45. The lowest BCUT2D eigenvalue weighted by atomic mass is 9.45. The minimum Gasteiger partial charge on any atom is -0.393 e. The maximum absolute atomic E-state index is 11.4. The van der Waals surface area contributed by atoms with E-state index in [4.69, 9.17) is 0 Å². The van der Waals surface area contributed by atoms with Crippen molar-refractivity contribution in [2.75, 3.05) is 5.43 Å². The van der Waals surface area contributed by atoms with E-state index < -0.39 is 9.85 Å². The van der Waals surface area contributed by atoms with Crippen molar-refractivity contribution >= 4 is 22.8 Å². The molecule has 1 aromatic rings. The van der Waals surface area contributed by atoms with Gasteiger partial charge in [-0.15, -0.1) is 0 Å². The van der Waals surface area contributed by atoms with Gasteiger partial charge in [-0.05, 0) is 98.4 Å². The maximum Gasteiger partial charge on any atom is 0.301 e. The van der Waals surface area contributed by atoms with Crippen LogP contribution < -0.4 is 5.43 Å². The van der Waals surface area contributed by atoms with Gasteiger partial charge in [-0.3, -0.25) is 25.7 Å². The summed E-state index contributed by atoms with van der Waals surface area (Å²) in [6, 6.07) is 3.58. The van der Waals surface area contributed by atoms with E-state index >= 15 is 0 Å². The zero-order valence-electron chi connectivity index (χ0n) is 19.9. The number of fused-ring (bicyclic) bond motifs is 5. The van der Waals surface area contributed by atoms with Crippen molar-refractivity contribution < 1.29 is 15.0 Å². The van der Waals surface area contributed by atoms with Crippen LogP contribution in [0.3, 0.4) is 0 Å². The SMILES string of the molecule is C[C@]12CC/C(=N/Nc3ccc([N+](=O)[O-])cc3[N+](=O)[O-])C[C@H]1CC[C@H]1[C@H]2CC[C@]2(C)[C@H](O)CC[C@@H]12. The van der Waals surface area contributed by atoms with E-state index in [0.29, 0.717) is 23.7 Å². The predicted molar refractivity (Wildman–Crippen MR) is 129 cm³/mol. The second-order valence-electron chi connectivity index (χ2n) is 11.5. The number of nitro groups is 2. The summed E-state index contributed by atoms with van der Waals surface area (Å²) in [5, 5.41) is 37.6. The summed E-state index contributed by atoms with van der Waals surface area (Å²) in [4.78, 5) is 21.1. The molecule has 2 N–H and O–H groups in total. The van der Waals surface area contributed by atoms with Crippen molar-refractivity contribution in [3.05, 3.63) is 38.4 Å². The summed E-state index contributed by atoms with van der Waals surface area (Å²) in [5.41, 5.74) is 3.73. The Labute approximate surface area is 199 Å². The van der Waals surface area contributed by atoms with Crippen LogP contribution in [-0.2, 0) is 0 Å². The topological polar surface area (TPSA) is 131 Å². The average Bonchev–Trinajstić information content (AvgIpc) is 3.11. The number of benzene rings is 1. The summed E-state index contributed by atoms with van der Waals surface area (Å²) >= 11 is 0. The Balaban J connectivity index is 1.31. The smallest absolute Gasteiger partial charge is 0.301 e. The molecule has 4 aliphatic rings. The van der Waals surface area contributed by atoms with E-state index in [1.807, 2.05) is 0 Å². The number of aliphatic hydroxyl groups is 1. The second kappa shape index (κ2) is 8.29. The molecule has 9 heteroatoms. The lowest BCUT2D eigenvalue weighted by molar-refractivity contribution is -0.393. The number of nitrogens with one attached hydrogen (secondary N) is 1. The lowest BCUT2D eigenvalue weighted by Gasteiger charge is -2.60. The third-order valence-corrected chi connectivity index (χ3v) is 10.2. The Kier molecular flexibility index (Phi) is 5.66. The first-order valence-electron chi connectivity index (χ1n) is 12.6. The fourth-order valence-corrected chi connectivity index (χ4v) is 8.15. The van der Waals surface area contributed by atoms with Crippen LogP contribution in [0.4, 0.5) is 17.1 Å². The summed E-state index contributed by atoms with van der Waals surface area (Å²) in [5.74, 6) is 2.58. The quantitative estimate of drug-likeness (QED) is 0.430. The molecule has 0 unspecified atom stereocenters. The molecule has 184 valence electrons. The Hall–Kier alpha value is -2.55. The van der Waals surface area contributed by atoms with Crippen LogP contribution in [0.1, 0.15) is 71.6 Å². The van der Waals surface area contributed by atoms with Crippen molar-refractivity contribution in [1.82, 2.24) is 0 Å². The van der Waals surface area contributed by atoms with Gasteiger partial charge in [0.05, 0.1) is 22.0 Å². The number of hydrazone groups is 1. The highest BCUT2D eigenvalue weighted by Crippen LogP contribution is 2.66. The Morgan fingerprint density at radius 3 is 2.50 bits per heavy atom. The first-order chi connectivity index (χ1) is 16.1. The van der Waals surface area contributed by atoms with Gasteiger partial charge >= 0.3 is 5.69 Å². The van der Waals surface area contributed by atoms with Gasteiger partial charge in [0.2, 0.25) is 0 Å². The van der Waals surface area contributed by atoms with E-state index in [0.717, 1.165) is 56.7 Å². The molecule has 0 aromatic heterocycles. The molecule has 0 aliphatic heterocycles. The largest absolute Gasteiger partial charge is 0.393 e. The van der Waals surface area contributed by atoms with Crippen LogP contribution in [0, 0.1) is 54.7 Å². The van der Waals surface area contributed by atoms with Crippen LogP contribution in [0.2, 0.25) is 0 Å². The summed E-state index contributed by atoms with van der Waals surface area (Å²) in [6.45, 7) is 4.78. The van der Waals surface area contributed by atoms with Crippen molar-refractivity contribution in [2.45, 2.75) is 77.7 Å². The number of non-ortho nitro benzene ring substituents is 1. The van der Waals surface area contributed by atoms with E-state index in [9.17, 15) is 25.3 Å². The molecule has 1 aromatic carbocycles. The fraction of sp³-hybridized carbons (Fsp3) is 0.720. The first kappa shape index (κ1) is 23.2. The molecule has 0 heterocycles. The molecule has 0 amide bonds. The molecule has 9 nitrogen and oxygen atoms in total. The predicted octanol–water partition coefficient (Wildman–Crippen LogP) is 5.67. The minimum absolute atomic E-state index is 0.0923. The first-order valence-corrected chi connectivity index (χ1v) is 12.6. The number of rotatable bonds is 4. The normalized spacial score (nSPS) is 40.2. The van der Waals surface area contributed by atoms with Gasteiger partial charge in [0, 0.05) is 11.8 Å². The molecule has 0 saturated heterocycles. The zero-order valence-corrected chi connectivity index (χ0v) is 19.9. The highest BCUT2D eigenvalue weighted by atomic mass is 16.6. The molecule has 0 spiro atoms. The van der Waals surface area contributed by atoms with Crippen molar-refractivity contribution in [3.8, 4) is 0 Å². The van der Waals surface area contributed by atoms with E-state index in [1.165, 1.54) is 25.0 Å². The van der Waals surface area contributed by atoms with Crippen molar-refractivity contribution in [2.24, 2.45) is 39.6 Å². The molecule has 4 fully saturated rings. The molecule has 4 aliphatic carbocycles. The van der Waals surface area contributed by atoms with Crippen molar-refractivity contribution in [1.29, 1.82) is 0 Å². The highest BCUT2D eigenvalue weighted by Gasteiger charge is 2.59. The Morgan fingerprint density at radius 2 is 1.76 bits per heavy atom. The number of hydrogen-bond acceptors (Lipinski definition) is 7. The molecular weight excluding hydrogens is 436 g/mol. The average molecular weight is 471 g/mol. The second-order valence-corrected chi connectivity index (χ2v) is 11.5. The molecule has 7 atom stereocenters. The number of nitro benzene ring substituents is 2. The number of hydrogen-bond donors (Lipinski definition) is 2. The molecular formula is C25H34N4O5. The molecule has 0 bridgehead atoms. The van der Waals surface area contributed by atoms with Gasteiger partial charge in [0.1, 0.15) is 5.69 Å². The van der Waals surface area contributed by atoms with Crippen LogP contribution >= 0.6 is 0 Å².